The van der Waals surface area contributed by atoms with Crippen LogP contribution in [0.25, 0.3) is 0 Å². The van der Waals surface area contributed by atoms with Crippen molar-refractivity contribution in [2.24, 2.45) is 0 Å². The van der Waals surface area contributed by atoms with E-state index in [4.69, 9.17) is 9.47 Å². The van der Waals surface area contributed by atoms with Crippen LogP contribution in [-0.4, -0.2) is 49.0 Å². The van der Waals surface area contributed by atoms with Crippen molar-refractivity contribution in [2.75, 3.05) is 43.5 Å². The lowest BCUT2D eigenvalue weighted by Gasteiger charge is -2.24. The Morgan fingerprint density at radius 3 is 2.52 bits per heavy atom. The minimum atomic E-state index is 0.0883. The Labute approximate surface area is 126 Å². The maximum Gasteiger partial charge on any atom is 0.134 e. The van der Waals surface area contributed by atoms with Gasteiger partial charge in [-0.25, -0.2) is 9.97 Å². The molecule has 0 aliphatic carbocycles. The summed E-state index contributed by atoms with van der Waals surface area (Å²) in [5.74, 6) is 2.68. The summed E-state index contributed by atoms with van der Waals surface area (Å²) in [4.78, 5) is 9.22. The monoisotopic (exact) mass is 294 g/mol. The Hall–Kier alpha value is -1.40. The Bertz CT molecular complexity index is 448. The summed E-state index contributed by atoms with van der Waals surface area (Å²) in [5.41, 5.74) is 1.05. The minimum absolute atomic E-state index is 0.0883. The number of aromatic nitrogens is 2. The first-order valence-electron chi connectivity index (χ1n) is 7.79. The summed E-state index contributed by atoms with van der Waals surface area (Å²) >= 11 is 0. The standard InChI is InChI=1S/C15H26N4O2/c1-4-6-13-18-14(16-5-2)11(3)15(19-13)17-9-12-10-20-7-8-21-12/h12H,4-10H2,1-3H3,(H2,16,17,18,19). The van der Waals surface area contributed by atoms with Crippen LogP contribution in [0.5, 0.6) is 0 Å². The molecule has 1 aliphatic heterocycles. The lowest BCUT2D eigenvalue weighted by Crippen LogP contribution is -2.34. The minimum Gasteiger partial charge on any atom is -0.376 e. The molecule has 0 amide bonds. The molecular weight excluding hydrogens is 268 g/mol. The SMILES string of the molecule is CCCc1nc(NCC)c(C)c(NCC2COCCO2)n1. The van der Waals surface area contributed by atoms with Gasteiger partial charge in [0.25, 0.3) is 0 Å². The molecule has 1 aromatic heterocycles. The summed E-state index contributed by atoms with van der Waals surface area (Å²) in [6, 6.07) is 0. The van der Waals surface area contributed by atoms with Gasteiger partial charge >= 0.3 is 0 Å². The van der Waals surface area contributed by atoms with Gasteiger partial charge in [-0.3, -0.25) is 0 Å². The molecule has 0 saturated carbocycles. The fourth-order valence-corrected chi connectivity index (χ4v) is 2.28. The van der Waals surface area contributed by atoms with E-state index in [9.17, 15) is 0 Å². The van der Waals surface area contributed by atoms with Gasteiger partial charge < -0.3 is 20.1 Å². The number of anilines is 2. The highest BCUT2D eigenvalue weighted by molar-refractivity contribution is 5.57. The Balaban J connectivity index is 2.08. The molecule has 1 aromatic rings. The fraction of sp³-hybridized carbons (Fsp3) is 0.733. The number of rotatable bonds is 7. The Morgan fingerprint density at radius 1 is 1.14 bits per heavy atom. The van der Waals surface area contributed by atoms with Crippen LogP contribution in [0.1, 0.15) is 31.7 Å². The second-order valence-corrected chi connectivity index (χ2v) is 5.19. The van der Waals surface area contributed by atoms with Gasteiger partial charge in [-0.15, -0.1) is 0 Å². The van der Waals surface area contributed by atoms with E-state index in [1.165, 1.54) is 0 Å². The average molecular weight is 294 g/mol. The van der Waals surface area contributed by atoms with Crippen molar-refractivity contribution in [1.29, 1.82) is 0 Å². The first kappa shape index (κ1) is 16.0. The van der Waals surface area contributed by atoms with Gasteiger partial charge in [0.2, 0.25) is 0 Å². The van der Waals surface area contributed by atoms with Gasteiger partial charge in [0, 0.05) is 25.1 Å². The quantitative estimate of drug-likeness (QED) is 0.801. The van der Waals surface area contributed by atoms with Crippen molar-refractivity contribution >= 4 is 11.6 Å². The van der Waals surface area contributed by atoms with Gasteiger partial charge in [0.05, 0.1) is 25.9 Å². The van der Waals surface area contributed by atoms with Crippen LogP contribution in [0.3, 0.4) is 0 Å². The van der Waals surface area contributed by atoms with E-state index >= 15 is 0 Å². The topological polar surface area (TPSA) is 68.3 Å². The zero-order valence-corrected chi connectivity index (χ0v) is 13.2. The third-order valence-electron chi connectivity index (χ3n) is 3.39. The van der Waals surface area contributed by atoms with Gasteiger partial charge in [0.15, 0.2) is 0 Å². The third kappa shape index (κ3) is 4.54. The van der Waals surface area contributed by atoms with E-state index in [2.05, 4.69) is 34.4 Å². The fourth-order valence-electron chi connectivity index (χ4n) is 2.28. The molecule has 6 nitrogen and oxygen atoms in total. The molecule has 1 atom stereocenters. The number of hydrogen-bond donors (Lipinski definition) is 2. The van der Waals surface area contributed by atoms with Crippen molar-refractivity contribution in [3.05, 3.63) is 11.4 Å². The average Bonchev–Trinajstić information content (AvgIpc) is 2.50. The summed E-state index contributed by atoms with van der Waals surface area (Å²) < 4.78 is 11.1. The van der Waals surface area contributed by atoms with E-state index in [0.29, 0.717) is 26.4 Å². The van der Waals surface area contributed by atoms with Gasteiger partial charge in [-0.2, -0.15) is 0 Å². The molecular formula is C15H26N4O2. The number of hydrogen-bond acceptors (Lipinski definition) is 6. The molecule has 6 heteroatoms. The van der Waals surface area contributed by atoms with Crippen molar-refractivity contribution < 1.29 is 9.47 Å². The Kier molecular flexibility index (Phi) is 6.20. The van der Waals surface area contributed by atoms with Crippen LogP contribution in [0, 0.1) is 6.92 Å². The molecule has 0 spiro atoms. The predicted octanol–water partition coefficient (Wildman–Crippen LogP) is 2.00. The van der Waals surface area contributed by atoms with Crippen molar-refractivity contribution in [2.45, 2.75) is 39.7 Å². The van der Waals surface area contributed by atoms with Crippen LogP contribution in [0.4, 0.5) is 11.6 Å². The number of nitrogens with one attached hydrogen (secondary N) is 2. The molecule has 0 radical (unpaired) electrons. The van der Waals surface area contributed by atoms with E-state index in [1.54, 1.807) is 0 Å². The van der Waals surface area contributed by atoms with Crippen molar-refractivity contribution in [1.82, 2.24) is 9.97 Å². The third-order valence-corrected chi connectivity index (χ3v) is 3.39. The normalized spacial score (nSPS) is 18.5. The molecule has 1 aliphatic rings. The zero-order valence-electron chi connectivity index (χ0n) is 13.2. The highest BCUT2D eigenvalue weighted by Gasteiger charge is 2.16. The molecule has 0 bridgehead atoms. The van der Waals surface area contributed by atoms with Gasteiger partial charge in [0.1, 0.15) is 17.5 Å². The summed E-state index contributed by atoms with van der Waals surface area (Å²) in [6.45, 7) is 9.79. The first-order chi connectivity index (χ1) is 10.2. The first-order valence-corrected chi connectivity index (χ1v) is 7.79. The van der Waals surface area contributed by atoms with Crippen molar-refractivity contribution in [3.8, 4) is 0 Å². The number of ether oxygens (including phenoxy) is 2. The van der Waals surface area contributed by atoms with Gasteiger partial charge in [-0.05, 0) is 20.3 Å². The van der Waals surface area contributed by atoms with E-state index in [0.717, 1.165) is 42.4 Å². The highest BCUT2D eigenvalue weighted by Crippen LogP contribution is 2.20. The van der Waals surface area contributed by atoms with Crippen LogP contribution in [0.15, 0.2) is 0 Å². The van der Waals surface area contributed by atoms with Crippen LogP contribution >= 0.6 is 0 Å². The molecule has 2 N–H and O–H groups in total. The van der Waals surface area contributed by atoms with E-state index in [-0.39, 0.29) is 6.10 Å². The lowest BCUT2D eigenvalue weighted by molar-refractivity contribution is -0.0819. The van der Waals surface area contributed by atoms with Crippen molar-refractivity contribution in [3.63, 3.8) is 0 Å². The number of nitrogens with zero attached hydrogens (tertiary/aromatic N) is 2. The summed E-state index contributed by atoms with van der Waals surface area (Å²) in [5, 5.41) is 6.69. The highest BCUT2D eigenvalue weighted by atomic mass is 16.6. The van der Waals surface area contributed by atoms with Crippen LogP contribution in [-0.2, 0) is 15.9 Å². The summed E-state index contributed by atoms with van der Waals surface area (Å²) in [7, 11) is 0. The lowest BCUT2D eigenvalue weighted by atomic mass is 10.2. The second-order valence-electron chi connectivity index (χ2n) is 5.19. The second kappa shape index (κ2) is 8.14. The molecule has 1 fully saturated rings. The molecule has 118 valence electrons. The van der Waals surface area contributed by atoms with E-state index < -0.39 is 0 Å². The van der Waals surface area contributed by atoms with Crippen LogP contribution < -0.4 is 10.6 Å². The smallest absolute Gasteiger partial charge is 0.134 e. The molecule has 0 aromatic carbocycles. The zero-order chi connectivity index (χ0) is 15.1. The van der Waals surface area contributed by atoms with Gasteiger partial charge in [-0.1, -0.05) is 6.92 Å². The van der Waals surface area contributed by atoms with Crippen LogP contribution in [0.2, 0.25) is 0 Å². The van der Waals surface area contributed by atoms with E-state index in [1.807, 2.05) is 6.92 Å². The maximum absolute atomic E-state index is 5.65. The molecule has 1 unspecified atom stereocenters. The maximum atomic E-state index is 5.65. The molecule has 1 saturated heterocycles. The Morgan fingerprint density at radius 2 is 1.90 bits per heavy atom. The number of aryl methyl sites for hydroxylation is 1. The predicted molar refractivity (Wildman–Crippen MR) is 84.0 cm³/mol. The molecule has 2 rings (SSSR count). The molecule has 21 heavy (non-hydrogen) atoms. The molecule has 2 heterocycles. The summed E-state index contributed by atoms with van der Waals surface area (Å²) in [6.07, 6.45) is 2.01. The largest absolute Gasteiger partial charge is 0.376 e.